The molecule has 0 saturated heterocycles. The van der Waals surface area contributed by atoms with Crippen molar-refractivity contribution in [3.63, 3.8) is 0 Å². The molecule has 0 unspecified atom stereocenters. The molecule has 0 saturated carbocycles. The van der Waals surface area contributed by atoms with Gasteiger partial charge >= 0.3 is 5.00 Å². The fourth-order valence-electron chi connectivity index (χ4n) is 2.14. The number of rotatable bonds is 3. The van der Waals surface area contributed by atoms with E-state index in [4.69, 9.17) is 6.42 Å². The molecule has 0 aliphatic heterocycles. The van der Waals surface area contributed by atoms with E-state index in [0.717, 1.165) is 23.5 Å². The maximum Gasteiger partial charge on any atom is 0.324 e. The molecule has 0 atom stereocenters. The van der Waals surface area contributed by atoms with E-state index in [1.807, 2.05) is 0 Å². The van der Waals surface area contributed by atoms with Gasteiger partial charge in [-0.05, 0) is 12.1 Å². The Kier molecular flexibility index (Phi) is 4.43. The van der Waals surface area contributed by atoms with E-state index in [2.05, 4.69) is 10.9 Å². The van der Waals surface area contributed by atoms with Crippen LogP contribution in [-0.2, 0) is 6.54 Å². The van der Waals surface area contributed by atoms with Crippen molar-refractivity contribution in [3.05, 3.63) is 55.7 Å². The second kappa shape index (κ2) is 6.54. The minimum absolute atomic E-state index is 0.0491. The normalized spacial score (nSPS) is 11.6. The number of nitrogens with zero attached hydrogens (tertiary/aromatic N) is 3. The van der Waals surface area contributed by atoms with Crippen molar-refractivity contribution in [2.75, 3.05) is 0 Å². The molecule has 1 amide bonds. The zero-order valence-corrected chi connectivity index (χ0v) is 13.9. The SMILES string of the molecule is C#CCn1c(=NC(=O)c2ccc([N+](=O)[O-])s2)sc2cc(F)cc(F)c21. The Hall–Kier alpha value is -2.90. The van der Waals surface area contributed by atoms with Gasteiger partial charge in [0.1, 0.15) is 10.7 Å². The molecule has 10 heteroatoms. The van der Waals surface area contributed by atoms with Crippen LogP contribution >= 0.6 is 22.7 Å². The number of amides is 1. The number of benzene rings is 1. The number of fused-ring (bicyclic) bond motifs is 1. The average molecular weight is 379 g/mol. The van der Waals surface area contributed by atoms with Crippen molar-refractivity contribution in [2.24, 2.45) is 4.99 Å². The first kappa shape index (κ1) is 16.9. The van der Waals surface area contributed by atoms with Crippen molar-refractivity contribution in [1.29, 1.82) is 0 Å². The molecule has 0 aliphatic rings. The molecule has 0 radical (unpaired) electrons. The Bertz CT molecular complexity index is 1120. The van der Waals surface area contributed by atoms with Crippen LogP contribution in [0.4, 0.5) is 13.8 Å². The second-order valence-electron chi connectivity index (χ2n) is 4.72. The van der Waals surface area contributed by atoms with E-state index < -0.39 is 22.5 Å². The van der Waals surface area contributed by atoms with Crippen molar-refractivity contribution in [1.82, 2.24) is 4.57 Å². The van der Waals surface area contributed by atoms with Crippen LogP contribution < -0.4 is 4.80 Å². The maximum atomic E-state index is 14.1. The maximum absolute atomic E-state index is 14.1. The van der Waals surface area contributed by atoms with Crippen LogP contribution in [0.3, 0.4) is 0 Å². The van der Waals surface area contributed by atoms with Crippen LogP contribution in [0.2, 0.25) is 0 Å². The minimum Gasteiger partial charge on any atom is -0.302 e. The topological polar surface area (TPSA) is 77.5 Å². The number of hydrogen-bond donors (Lipinski definition) is 0. The Morgan fingerprint density at radius 2 is 2.12 bits per heavy atom. The number of thiazole rings is 1. The molecular formula is C15H7F2N3O3S2. The summed E-state index contributed by atoms with van der Waals surface area (Å²) in [4.78, 5) is 26.3. The first-order valence-electron chi connectivity index (χ1n) is 6.66. The average Bonchev–Trinajstić information content (AvgIpc) is 3.13. The smallest absolute Gasteiger partial charge is 0.302 e. The first-order chi connectivity index (χ1) is 11.9. The van der Waals surface area contributed by atoms with Crippen LogP contribution in [0.1, 0.15) is 9.67 Å². The van der Waals surface area contributed by atoms with Gasteiger partial charge < -0.3 is 4.57 Å². The third kappa shape index (κ3) is 3.19. The highest BCUT2D eigenvalue weighted by atomic mass is 32.1. The molecule has 6 nitrogen and oxygen atoms in total. The van der Waals surface area contributed by atoms with Gasteiger partial charge in [-0.25, -0.2) is 8.78 Å². The molecule has 1 aromatic carbocycles. The van der Waals surface area contributed by atoms with Gasteiger partial charge in [0, 0.05) is 12.1 Å². The van der Waals surface area contributed by atoms with E-state index in [1.54, 1.807) is 0 Å². The number of aromatic nitrogens is 1. The molecule has 0 fully saturated rings. The van der Waals surface area contributed by atoms with Gasteiger partial charge in [-0.15, -0.1) is 6.42 Å². The fourth-order valence-corrected chi connectivity index (χ4v) is 3.91. The van der Waals surface area contributed by atoms with Gasteiger partial charge in [0.05, 0.1) is 21.7 Å². The second-order valence-corrected chi connectivity index (χ2v) is 6.79. The summed E-state index contributed by atoms with van der Waals surface area (Å²) in [6.45, 7) is -0.0702. The number of nitro groups is 1. The third-order valence-electron chi connectivity index (χ3n) is 3.12. The van der Waals surface area contributed by atoms with Gasteiger partial charge in [-0.3, -0.25) is 14.9 Å². The molecule has 0 spiro atoms. The lowest BCUT2D eigenvalue weighted by molar-refractivity contribution is -0.380. The summed E-state index contributed by atoms with van der Waals surface area (Å²) in [5.41, 5.74) is 0.0491. The molecule has 2 aromatic heterocycles. The van der Waals surface area contributed by atoms with Crippen LogP contribution in [0, 0.1) is 34.1 Å². The first-order valence-corrected chi connectivity index (χ1v) is 8.29. The highest BCUT2D eigenvalue weighted by Crippen LogP contribution is 2.25. The zero-order chi connectivity index (χ0) is 18.1. The van der Waals surface area contributed by atoms with Crippen molar-refractivity contribution >= 4 is 43.8 Å². The van der Waals surface area contributed by atoms with E-state index in [1.165, 1.54) is 16.7 Å². The van der Waals surface area contributed by atoms with E-state index in [0.29, 0.717) is 11.3 Å². The third-order valence-corrected chi connectivity index (χ3v) is 5.17. The molecule has 0 N–H and O–H groups in total. The number of thiophene rings is 1. The zero-order valence-electron chi connectivity index (χ0n) is 12.2. The van der Waals surface area contributed by atoms with Gasteiger partial charge in [0.2, 0.25) is 0 Å². The predicted octanol–water partition coefficient (Wildman–Crippen LogP) is 3.33. The van der Waals surface area contributed by atoms with Crippen LogP contribution in [0.25, 0.3) is 10.2 Å². The molecular weight excluding hydrogens is 372 g/mol. The van der Waals surface area contributed by atoms with Crippen LogP contribution in [0.5, 0.6) is 0 Å². The fraction of sp³-hybridized carbons (Fsp3) is 0.0667. The number of hydrogen-bond acceptors (Lipinski definition) is 5. The molecule has 25 heavy (non-hydrogen) atoms. The quantitative estimate of drug-likeness (QED) is 0.398. The largest absolute Gasteiger partial charge is 0.324 e. The number of carbonyl (C=O) groups is 1. The highest BCUT2D eigenvalue weighted by Gasteiger charge is 2.17. The molecule has 0 bridgehead atoms. The van der Waals surface area contributed by atoms with Crippen LogP contribution in [-0.4, -0.2) is 15.4 Å². The number of terminal acetylenes is 1. The molecule has 2 heterocycles. The lowest BCUT2D eigenvalue weighted by atomic mass is 10.3. The lowest BCUT2D eigenvalue weighted by Crippen LogP contribution is -2.16. The van der Waals surface area contributed by atoms with Crippen molar-refractivity contribution in [3.8, 4) is 12.3 Å². The predicted molar refractivity (Wildman–Crippen MR) is 89.4 cm³/mol. The molecule has 0 aliphatic carbocycles. The number of halogens is 2. The van der Waals surface area contributed by atoms with E-state index in [-0.39, 0.29) is 31.4 Å². The summed E-state index contributed by atoms with van der Waals surface area (Å²) in [5, 5.41) is 10.5. The molecule has 126 valence electrons. The van der Waals surface area contributed by atoms with Gasteiger partial charge in [-0.1, -0.05) is 28.6 Å². The summed E-state index contributed by atoms with van der Waals surface area (Å²) in [7, 11) is 0. The minimum atomic E-state index is -0.817. The molecule has 3 rings (SSSR count). The Morgan fingerprint density at radius 3 is 2.76 bits per heavy atom. The van der Waals surface area contributed by atoms with Gasteiger partial charge in [0.25, 0.3) is 5.91 Å². The van der Waals surface area contributed by atoms with Crippen molar-refractivity contribution in [2.45, 2.75) is 6.54 Å². The Morgan fingerprint density at radius 1 is 1.36 bits per heavy atom. The summed E-state index contributed by atoms with van der Waals surface area (Å²) >= 11 is 1.58. The summed E-state index contributed by atoms with van der Waals surface area (Å²) < 4.78 is 29.0. The van der Waals surface area contributed by atoms with Crippen molar-refractivity contribution < 1.29 is 18.5 Å². The lowest BCUT2D eigenvalue weighted by Gasteiger charge is -2.00. The number of carbonyl (C=O) groups excluding carboxylic acids is 1. The highest BCUT2D eigenvalue weighted by molar-refractivity contribution is 7.17. The summed E-state index contributed by atoms with van der Waals surface area (Å²) in [6.07, 6.45) is 5.28. The summed E-state index contributed by atoms with van der Waals surface area (Å²) in [6, 6.07) is 4.32. The molecule has 3 aromatic rings. The van der Waals surface area contributed by atoms with Gasteiger partial charge in [0.15, 0.2) is 10.6 Å². The van der Waals surface area contributed by atoms with E-state index >= 15 is 0 Å². The Labute approximate surface area is 146 Å². The Balaban J connectivity index is 2.16. The van der Waals surface area contributed by atoms with Gasteiger partial charge in [-0.2, -0.15) is 4.99 Å². The van der Waals surface area contributed by atoms with E-state index in [9.17, 15) is 23.7 Å². The summed E-state index contributed by atoms with van der Waals surface area (Å²) in [5.74, 6) is 0.0262. The van der Waals surface area contributed by atoms with Crippen LogP contribution in [0.15, 0.2) is 29.3 Å². The standard InChI is InChI=1S/C15H7F2N3O3S2/c1-2-5-19-13-9(17)6-8(16)7-11(13)25-15(19)18-14(21)10-3-4-12(24-10)20(22)23/h1,3-4,6-7H,5H2. The monoisotopic (exact) mass is 379 g/mol.